The molecule has 0 amide bonds. The first kappa shape index (κ1) is 9.21. The van der Waals surface area contributed by atoms with Gasteiger partial charge in [-0.15, -0.1) is 0 Å². The number of rotatable bonds is 3. The van der Waals surface area contributed by atoms with Crippen molar-refractivity contribution in [3.05, 3.63) is 16.6 Å². The normalized spacial score (nSPS) is 19.0. The summed E-state index contributed by atoms with van der Waals surface area (Å²) in [6.07, 6.45) is 5.29. The fourth-order valence-electron chi connectivity index (χ4n) is 1.53. The molecule has 4 heteroatoms. The van der Waals surface area contributed by atoms with Crippen LogP contribution in [0.15, 0.2) is 10.8 Å². The van der Waals surface area contributed by atoms with Crippen LogP contribution in [0.25, 0.3) is 0 Å². The van der Waals surface area contributed by atoms with Crippen molar-refractivity contribution in [2.45, 2.75) is 38.3 Å². The van der Waals surface area contributed by atoms with Crippen molar-refractivity contribution in [2.75, 3.05) is 0 Å². The maximum atomic E-state index is 5.75. The van der Waals surface area contributed by atoms with E-state index >= 15 is 0 Å². The molecule has 13 heavy (non-hydrogen) atoms. The lowest BCUT2D eigenvalue weighted by molar-refractivity contribution is 0.621. The van der Waals surface area contributed by atoms with E-state index in [4.69, 9.17) is 5.73 Å². The predicted octanol–water partition coefficient (Wildman–Crippen LogP) is 1.87. The zero-order valence-electron chi connectivity index (χ0n) is 7.70. The van der Waals surface area contributed by atoms with E-state index in [9.17, 15) is 0 Å². The molecule has 1 aliphatic rings. The SMILES string of the molecule is CC(N)Cc1ncc(Br)n1C1CC1. The van der Waals surface area contributed by atoms with E-state index in [1.165, 1.54) is 12.8 Å². The number of aromatic nitrogens is 2. The molecule has 0 aromatic carbocycles. The molecule has 1 atom stereocenters. The monoisotopic (exact) mass is 243 g/mol. The van der Waals surface area contributed by atoms with Crippen molar-refractivity contribution in [3.63, 3.8) is 0 Å². The van der Waals surface area contributed by atoms with Crippen molar-refractivity contribution in [1.29, 1.82) is 0 Å². The molecular formula is C9H14BrN3. The number of nitrogens with zero attached hydrogens (tertiary/aromatic N) is 2. The third-order valence-corrected chi connectivity index (χ3v) is 2.83. The highest BCUT2D eigenvalue weighted by Gasteiger charge is 2.27. The van der Waals surface area contributed by atoms with Gasteiger partial charge in [0.2, 0.25) is 0 Å². The number of nitrogens with two attached hydrogens (primary N) is 1. The van der Waals surface area contributed by atoms with E-state index in [1.807, 2.05) is 13.1 Å². The van der Waals surface area contributed by atoms with E-state index in [0.29, 0.717) is 6.04 Å². The molecule has 1 aromatic rings. The highest BCUT2D eigenvalue weighted by atomic mass is 79.9. The number of hydrogen-bond donors (Lipinski definition) is 1. The molecule has 0 bridgehead atoms. The second-order valence-corrected chi connectivity index (χ2v) is 4.59. The average Bonchev–Trinajstić information content (AvgIpc) is 2.79. The van der Waals surface area contributed by atoms with Gasteiger partial charge in [-0.2, -0.15) is 0 Å². The molecule has 0 saturated heterocycles. The fraction of sp³-hybridized carbons (Fsp3) is 0.667. The third kappa shape index (κ3) is 1.94. The van der Waals surface area contributed by atoms with Crippen LogP contribution in [-0.4, -0.2) is 15.6 Å². The lowest BCUT2D eigenvalue weighted by Crippen LogP contribution is -2.20. The third-order valence-electron chi connectivity index (χ3n) is 2.24. The Morgan fingerprint density at radius 1 is 1.77 bits per heavy atom. The minimum absolute atomic E-state index is 0.187. The van der Waals surface area contributed by atoms with Crippen LogP contribution in [0.5, 0.6) is 0 Å². The highest BCUT2D eigenvalue weighted by molar-refractivity contribution is 9.10. The van der Waals surface area contributed by atoms with Crippen molar-refractivity contribution in [1.82, 2.24) is 9.55 Å². The van der Waals surface area contributed by atoms with Gasteiger partial charge in [-0.1, -0.05) is 0 Å². The Kier molecular flexibility index (Phi) is 2.43. The van der Waals surface area contributed by atoms with Gasteiger partial charge in [0.15, 0.2) is 0 Å². The van der Waals surface area contributed by atoms with Crippen LogP contribution >= 0.6 is 15.9 Å². The van der Waals surface area contributed by atoms with Crippen LogP contribution in [0, 0.1) is 0 Å². The molecule has 72 valence electrons. The van der Waals surface area contributed by atoms with E-state index in [0.717, 1.165) is 16.8 Å². The summed E-state index contributed by atoms with van der Waals surface area (Å²) in [5.41, 5.74) is 5.75. The average molecular weight is 244 g/mol. The van der Waals surface area contributed by atoms with Gasteiger partial charge in [-0.05, 0) is 35.7 Å². The Labute approximate surface area is 86.5 Å². The van der Waals surface area contributed by atoms with Gasteiger partial charge in [-0.25, -0.2) is 4.98 Å². The first-order chi connectivity index (χ1) is 6.18. The second-order valence-electron chi connectivity index (χ2n) is 3.78. The first-order valence-electron chi connectivity index (χ1n) is 4.65. The topological polar surface area (TPSA) is 43.8 Å². The van der Waals surface area contributed by atoms with Crippen molar-refractivity contribution >= 4 is 15.9 Å². The molecule has 2 rings (SSSR count). The summed E-state index contributed by atoms with van der Waals surface area (Å²) < 4.78 is 3.36. The van der Waals surface area contributed by atoms with Crippen molar-refractivity contribution in [2.24, 2.45) is 5.73 Å². The van der Waals surface area contributed by atoms with Gasteiger partial charge in [0.25, 0.3) is 0 Å². The maximum absolute atomic E-state index is 5.75. The Hall–Kier alpha value is -0.350. The standard InChI is InChI=1S/C9H14BrN3/c1-6(11)4-9-12-5-8(10)13(9)7-2-3-7/h5-7H,2-4,11H2,1H3. The molecule has 0 radical (unpaired) electrons. The van der Waals surface area contributed by atoms with Gasteiger partial charge in [-0.3, -0.25) is 0 Å². The van der Waals surface area contributed by atoms with Crippen molar-refractivity contribution in [3.8, 4) is 0 Å². The molecule has 1 aliphatic carbocycles. The van der Waals surface area contributed by atoms with Gasteiger partial charge < -0.3 is 10.3 Å². The smallest absolute Gasteiger partial charge is 0.111 e. The van der Waals surface area contributed by atoms with Crippen LogP contribution < -0.4 is 5.73 Å². The minimum Gasteiger partial charge on any atom is -0.328 e. The van der Waals surface area contributed by atoms with Gasteiger partial charge in [0.1, 0.15) is 10.4 Å². The maximum Gasteiger partial charge on any atom is 0.111 e. The Balaban J connectivity index is 2.23. The molecule has 0 aliphatic heterocycles. The first-order valence-corrected chi connectivity index (χ1v) is 5.45. The molecule has 3 nitrogen and oxygen atoms in total. The summed E-state index contributed by atoms with van der Waals surface area (Å²) in [7, 11) is 0. The largest absolute Gasteiger partial charge is 0.328 e. The molecule has 0 spiro atoms. The van der Waals surface area contributed by atoms with E-state index < -0.39 is 0 Å². The summed E-state index contributed by atoms with van der Waals surface area (Å²) in [5.74, 6) is 1.12. The summed E-state index contributed by atoms with van der Waals surface area (Å²) in [4.78, 5) is 4.35. The van der Waals surface area contributed by atoms with E-state index in [1.54, 1.807) is 0 Å². The van der Waals surface area contributed by atoms with Gasteiger partial charge >= 0.3 is 0 Å². The molecule has 1 unspecified atom stereocenters. The fourth-order valence-corrected chi connectivity index (χ4v) is 2.13. The molecule has 2 N–H and O–H groups in total. The summed E-state index contributed by atoms with van der Waals surface area (Å²) in [6, 6.07) is 0.859. The Morgan fingerprint density at radius 2 is 2.46 bits per heavy atom. The second kappa shape index (κ2) is 3.42. The quantitative estimate of drug-likeness (QED) is 0.882. The van der Waals surface area contributed by atoms with Crippen LogP contribution in [-0.2, 0) is 6.42 Å². The van der Waals surface area contributed by atoms with Crippen molar-refractivity contribution < 1.29 is 0 Å². The summed E-state index contributed by atoms with van der Waals surface area (Å²) in [6.45, 7) is 2.01. The van der Waals surface area contributed by atoms with Gasteiger partial charge in [0, 0.05) is 18.5 Å². The minimum atomic E-state index is 0.187. The lowest BCUT2D eigenvalue weighted by atomic mass is 10.2. The predicted molar refractivity (Wildman–Crippen MR) is 55.6 cm³/mol. The zero-order chi connectivity index (χ0) is 9.42. The molecule has 1 aromatic heterocycles. The van der Waals surface area contributed by atoms with E-state index in [2.05, 4.69) is 25.5 Å². The summed E-state index contributed by atoms with van der Waals surface area (Å²) >= 11 is 3.51. The zero-order valence-corrected chi connectivity index (χ0v) is 9.29. The molecular weight excluding hydrogens is 230 g/mol. The number of hydrogen-bond acceptors (Lipinski definition) is 2. The molecule has 1 saturated carbocycles. The Morgan fingerprint density at radius 3 is 3.00 bits per heavy atom. The van der Waals surface area contributed by atoms with Crippen LogP contribution in [0.3, 0.4) is 0 Å². The molecule has 1 fully saturated rings. The molecule has 1 heterocycles. The van der Waals surface area contributed by atoms with Gasteiger partial charge in [0.05, 0.1) is 6.20 Å². The van der Waals surface area contributed by atoms with Crippen LogP contribution in [0.4, 0.5) is 0 Å². The van der Waals surface area contributed by atoms with Crippen LogP contribution in [0.2, 0.25) is 0 Å². The number of halogens is 1. The number of imidazole rings is 1. The Bertz CT molecular complexity index is 302. The van der Waals surface area contributed by atoms with E-state index in [-0.39, 0.29) is 6.04 Å². The highest BCUT2D eigenvalue weighted by Crippen LogP contribution is 2.38. The van der Waals surface area contributed by atoms with Crippen LogP contribution in [0.1, 0.15) is 31.6 Å². The lowest BCUT2D eigenvalue weighted by Gasteiger charge is -2.09. The summed E-state index contributed by atoms with van der Waals surface area (Å²) in [5, 5.41) is 0.